The van der Waals surface area contributed by atoms with Gasteiger partial charge in [-0.1, -0.05) is 13.0 Å². The molecule has 0 aromatic carbocycles. The average molecular weight is 304 g/mol. The molecule has 4 heteroatoms. The largest absolute Gasteiger partial charge is 0.332 e. The van der Waals surface area contributed by atoms with E-state index >= 15 is 0 Å². The van der Waals surface area contributed by atoms with Crippen molar-refractivity contribution >= 4 is 17.2 Å². The highest BCUT2D eigenvalue weighted by molar-refractivity contribution is 7.10. The lowest BCUT2D eigenvalue weighted by molar-refractivity contribution is -0.128. The van der Waals surface area contributed by atoms with E-state index in [0.29, 0.717) is 0 Å². The molecule has 21 heavy (non-hydrogen) atoms. The summed E-state index contributed by atoms with van der Waals surface area (Å²) >= 11 is 1.83. The fourth-order valence-corrected chi connectivity index (χ4v) is 4.39. The van der Waals surface area contributed by atoms with E-state index in [4.69, 9.17) is 0 Å². The van der Waals surface area contributed by atoms with Gasteiger partial charge in [0.2, 0.25) is 5.91 Å². The first-order valence-corrected chi connectivity index (χ1v) is 8.93. The zero-order chi connectivity index (χ0) is 14.7. The Kier molecular flexibility index (Phi) is 4.76. The van der Waals surface area contributed by atoms with E-state index in [0.717, 1.165) is 25.9 Å². The van der Waals surface area contributed by atoms with Gasteiger partial charge >= 0.3 is 0 Å². The van der Waals surface area contributed by atoms with Crippen molar-refractivity contribution in [3.63, 3.8) is 0 Å². The molecule has 3 nitrogen and oxygen atoms in total. The molecule has 1 amide bonds. The summed E-state index contributed by atoms with van der Waals surface area (Å²) in [6.07, 6.45) is 8.44. The second-order valence-corrected chi connectivity index (χ2v) is 6.92. The van der Waals surface area contributed by atoms with Crippen molar-refractivity contribution in [2.75, 3.05) is 26.2 Å². The molecule has 0 aliphatic carbocycles. The van der Waals surface area contributed by atoms with E-state index in [1.165, 1.54) is 36.4 Å². The maximum absolute atomic E-state index is 12.5. The molecule has 1 aromatic heterocycles. The lowest BCUT2D eigenvalue weighted by atomic mass is 9.98. The molecule has 1 aromatic rings. The van der Waals surface area contributed by atoms with Gasteiger partial charge in [0.05, 0.1) is 6.04 Å². The van der Waals surface area contributed by atoms with Crippen LogP contribution in [0.2, 0.25) is 0 Å². The Labute approximate surface area is 131 Å². The summed E-state index contributed by atoms with van der Waals surface area (Å²) in [6, 6.07) is 2.46. The fraction of sp³-hybridized carbons (Fsp3) is 0.588. The van der Waals surface area contributed by atoms with Gasteiger partial charge < -0.3 is 4.90 Å². The molecule has 0 N–H and O–H groups in total. The molecule has 0 saturated carbocycles. The highest BCUT2D eigenvalue weighted by atomic mass is 32.1. The number of amides is 1. The topological polar surface area (TPSA) is 23.6 Å². The summed E-state index contributed by atoms with van der Waals surface area (Å²) in [6.45, 7) is 6.31. The van der Waals surface area contributed by atoms with E-state index < -0.39 is 0 Å². The number of hydrogen-bond acceptors (Lipinski definition) is 3. The molecule has 0 bridgehead atoms. The number of thiophene rings is 1. The Bertz CT molecular complexity index is 517. The van der Waals surface area contributed by atoms with E-state index in [-0.39, 0.29) is 11.9 Å². The summed E-state index contributed by atoms with van der Waals surface area (Å²) in [4.78, 5) is 18.4. The highest BCUT2D eigenvalue weighted by Gasteiger charge is 2.29. The van der Waals surface area contributed by atoms with Crippen LogP contribution in [0.25, 0.3) is 0 Å². The summed E-state index contributed by atoms with van der Waals surface area (Å²) in [7, 11) is 0. The summed E-state index contributed by atoms with van der Waals surface area (Å²) in [5.41, 5.74) is 1.37. The number of carbonyl (C=O) groups is 1. The highest BCUT2D eigenvalue weighted by Crippen LogP contribution is 2.35. The Morgan fingerprint density at radius 2 is 2.19 bits per heavy atom. The van der Waals surface area contributed by atoms with Crippen LogP contribution < -0.4 is 0 Å². The molecule has 1 fully saturated rings. The predicted molar refractivity (Wildman–Crippen MR) is 87.6 cm³/mol. The molecular weight excluding hydrogens is 280 g/mol. The third-order valence-corrected chi connectivity index (χ3v) is 5.58. The van der Waals surface area contributed by atoms with Gasteiger partial charge in [-0.3, -0.25) is 9.69 Å². The Balaban J connectivity index is 1.62. The van der Waals surface area contributed by atoms with Crippen LogP contribution in [0.4, 0.5) is 0 Å². The van der Waals surface area contributed by atoms with Crippen LogP contribution in [0.3, 0.4) is 0 Å². The van der Waals surface area contributed by atoms with Gasteiger partial charge in [-0.25, -0.2) is 0 Å². The molecule has 1 unspecified atom stereocenters. The van der Waals surface area contributed by atoms with Crippen LogP contribution in [0.5, 0.6) is 0 Å². The van der Waals surface area contributed by atoms with Crippen LogP contribution >= 0.6 is 11.3 Å². The van der Waals surface area contributed by atoms with Crippen molar-refractivity contribution in [3.8, 4) is 0 Å². The standard InChI is InChI=1S/C17H24N2OS/c1-2-15-14-8-13-21-16(14)7-12-19(15)17(20)6-5-11-18-9-3-4-10-18/h5-6,8,13,15H,2-4,7,9-12H2,1H3/b6-5+. The Morgan fingerprint density at radius 3 is 2.95 bits per heavy atom. The lowest BCUT2D eigenvalue weighted by Gasteiger charge is -2.34. The normalized spacial score (nSPS) is 22.9. The van der Waals surface area contributed by atoms with E-state index in [9.17, 15) is 4.79 Å². The number of carbonyl (C=O) groups excluding carboxylic acids is 1. The number of fused-ring (bicyclic) bond motifs is 1. The quantitative estimate of drug-likeness (QED) is 0.797. The minimum Gasteiger partial charge on any atom is -0.332 e. The molecule has 0 spiro atoms. The van der Waals surface area contributed by atoms with Crippen molar-refractivity contribution in [2.45, 2.75) is 38.6 Å². The maximum Gasteiger partial charge on any atom is 0.246 e. The van der Waals surface area contributed by atoms with Crippen LogP contribution in [0.1, 0.15) is 42.7 Å². The molecule has 2 aliphatic rings. The molecule has 3 rings (SSSR count). The van der Waals surface area contributed by atoms with Gasteiger partial charge in [0.1, 0.15) is 0 Å². The van der Waals surface area contributed by atoms with Gasteiger partial charge in [-0.2, -0.15) is 0 Å². The minimum absolute atomic E-state index is 0.179. The monoisotopic (exact) mass is 304 g/mol. The lowest BCUT2D eigenvalue weighted by Crippen LogP contribution is -2.38. The second kappa shape index (κ2) is 6.75. The summed E-state index contributed by atoms with van der Waals surface area (Å²) in [5, 5.41) is 2.16. The van der Waals surface area contributed by atoms with E-state index in [1.807, 2.05) is 17.4 Å². The SMILES string of the molecule is CCC1c2ccsc2CCN1C(=O)/C=C/CN1CCCC1. The molecule has 1 saturated heterocycles. The van der Waals surface area contributed by atoms with Crippen LogP contribution in [0.15, 0.2) is 23.6 Å². The first-order valence-electron chi connectivity index (χ1n) is 8.05. The fourth-order valence-electron chi connectivity index (χ4n) is 3.46. The molecule has 1 atom stereocenters. The average Bonchev–Trinajstić information content (AvgIpc) is 3.16. The molecule has 2 aliphatic heterocycles. The summed E-state index contributed by atoms with van der Waals surface area (Å²) in [5.74, 6) is 0.179. The van der Waals surface area contributed by atoms with Gasteiger partial charge in [0.15, 0.2) is 0 Å². The second-order valence-electron chi connectivity index (χ2n) is 5.91. The zero-order valence-electron chi connectivity index (χ0n) is 12.8. The summed E-state index contributed by atoms with van der Waals surface area (Å²) < 4.78 is 0. The third-order valence-electron chi connectivity index (χ3n) is 4.59. The van der Waals surface area contributed by atoms with Crippen LogP contribution in [-0.2, 0) is 11.2 Å². The van der Waals surface area contributed by atoms with Gasteiger partial charge in [0, 0.05) is 24.0 Å². The van der Waals surface area contributed by atoms with E-state index in [1.54, 1.807) is 6.08 Å². The van der Waals surface area contributed by atoms with Crippen molar-refractivity contribution in [3.05, 3.63) is 34.0 Å². The first kappa shape index (κ1) is 14.8. The Hall–Kier alpha value is -1.13. The van der Waals surface area contributed by atoms with Crippen LogP contribution in [-0.4, -0.2) is 41.9 Å². The number of hydrogen-bond donors (Lipinski definition) is 0. The zero-order valence-corrected chi connectivity index (χ0v) is 13.6. The number of rotatable bonds is 4. The maximum atomic E-state index is 12.5. The van der Waals surface area contributed by atoms with Gasteiger partial charge in [0.25, 0.3) is 0 Å². The van der Waals surface area contributed by atoms with Crippen molar-refractivity contribution in [2.24, 2.45) is 0 Å². The molecule has 0 radical (unpaired) electrons. The third kappa shape index (κ3) is 3.22. The van der Waals surface area contributed by atoms with Crippen molar-refractivity contribution < 1.29 is 4.79 Å². The number of nitrogens with zero attached hydrogens (tertiary/aromatic N) is 2. The minimum atomic E-state index is 0.179. The molecule has 3 heterocycles. The molecular formula is C17H24N2OS. The van der Waals surface area contributed by atoms with Gasteiger partial charge in [-0.05, 0) is 55.8 Å². The predicted octanol–water partition coefficient (Wildman–Crippen LogP) is 3.24. The molecule has 114 valence electrons. The van der Waals surface area contributed by atoms with Crippen molar-refractivity contribution in [1.29, 1.82) is 0 Å². The van der Waals surface area contributed by atoms with Crippen LogP contribution in [0, 0.1) is 0 Å². The number of likely N-dealkylation sites (tertiary alicyclic amines) is 1. The van der Waals surface area contributed by atoms with Gasteiger partial charge in [-0.15, -0.1) is 11.3 Å². The first-order chi connectivity index (χ1) is 10.3. The van der Waals surface area contributed by atoms with E-state index in [2.05, 4.69) is 28.2 Å². The Morgan fingerprint density at radius 1 is 1.38 bits per heavy atom. The smallest absolute Gasteiger partial charge is 0.246 e. The van der Waals surface area contributed by atoms with Crippen molar-refractivity contribution in [1.82, 2.24) is 9.80 Å².